The normalized spacial score (nSPS) is 27.1. The van der Waals surface area contributed by atoms with Gasteiger partial charge < -0.3 is 15.2 Å². The van der Waals surface area contributed by atoms with Crippen LogP contribution in [0.4, 0.5) is 4.39 Å². The quantitative estimate of drug-likeness (QED) is 0.899. The van der Waals surface area contributed by atoms with Crippen LogP contribution in [0.15, 0.2) is 24.4 Å². The molecule has 3 nitrogen and oxygen atoms in total. The zero-order valence-corrected chi connectivity index (χ0v) is 11.5. The molecular formula is C16H20FN3. The molecule has 2 aliphatic rings. The van der Waals surface area contributed by atoms with Gasteiger partial charge in [0.15, 0.2) is 0 Å². The number of aromatic amines is 1. The highest BCUT2D eigenvalue weighted by molar-refractivity contribution is 5.84. The molecule has 0 spiro atoms. The maximum atomic E-state index is 13.4. The molecule has 2 heterocycles. The van der Waals surface area contributed by atoms with E-state index < -0.39 is 0 Å². The number of H-pyrrole nitrogens is 1. The van der Waals surface area contributed by atoms with Gasteiger partial charge in [0.05, 0.1) is 0 Å². The van der Waals surface area contributed by atoms with Crippen LogP contribution in [0.25, 0.3) is 10.9 Å². The first kappa shape index (κ1) is 12.4. The highest BCUT2D eigenvalue weighted by Gasteiger charge is 2.40. The molecule has 2 fully saturated rings. The van der Waals surface area contributed by atoms with Crippen molar-refractivity contribution in [3.8, 4) is 0 Å². The molecule has 2 atom stereocenters. The lowest BCUT2D eigenvalue weighted by Crippen LogP contribution is -2.44. The summed E-state index contributed by atoms with van der Waals surface area (Å²) in [6.07, 6.45) is 3.32. The molecule has 2 N–H and O–H groups in total. The summed E-state index contributed by atoms with van der Waals surface area (Å²) in [6, 6.07) is 5.02. The van der Waals surface area contributed by atoms with Crippen LogP contribution in [0.3, 0.4) is 0 Å². The summed E-state index contributed by atoms with van der Waals surface area (Å²) in [5, 5.41) is 4.46. The molecule has 1 saturated heterocycles. The number of hydrogen-bond donors (Lipinski definition) is 2. The largest absolute Gasteiger partial charge is 0.361 e. The Morgan fingerprint density at radius 2 is 2.10 bits per heavy atom. The molecule has 4 heteroatoms. The van der Waals surface area contributed by atoms with Crippen LogP contribution in [0.5, 0.6) is 0 Å². The number of rotatable bonds is 3. The van der Waals surface area contributed by atoms with E-state index in [1.807, 2.05) is 6.07 Å². The number of halogens is 1. The molecule has 4 rings (SSSR count). The Kier molecular flexibility index (Phi) is 3.00. The molecule has 2 aromatic rings. The minimum Gasteiger partial charge on any atom is -0.361 e. The van der Waals surface area contributed by atoms with Crippen LogP contribution in [0.2, 0.25) is 0 Å². The molecule has 1 saturated carbocycles. The van der Waals surface area contributed by atoms with Gasteiger partial charge in [0.2, 0.25) is 0 Å². The van der Waals surface area contributed by atoms with Gasteiger partial charge in [-0.2, -0.15) is 0 Å². The van der Waals surface area contributed by atoms with E-state index in [4.69, 9.17) is 0 Å². The molecule has 20 heavy (non-hydrogen) atoms. The maximum absolute atomic E-state index is 13.4. The summed E-state index contributed by atoms with van der Waals surface area (Å²) in [7, 11) is 0. The van der Waals surface area contributed by atoms with E-state index >= 15 is 0 Å². The van der Waals surface area contributed by atoms with Gasteiger partial charge in [-0.3, -0.25) is 0 Å². The Labute approximate surface area is 118 Å². The summed E-state index contributed by atoms with van der Waals surface area (Å²) < 4.78 is 13.4. The Bertz CT molecular complexity index is 615. The number of nitrogens with zero attached hydrogens (tertiary/aromatic N) is 1. The van der Waals surface area contributed by atoms with Gasteiger partial charge in [0.1, 0.15) is 5.82 Å². The van der Waals surface area contributed by atoms with Gasteiger partial charge in [-0.05, 0) is 42.0 Å². The van der Waals surface area contributed by atoms with Crippen molar-refractivity contribution in [1.29, 1.82) is 0 Å². The Morgan fingerprint density at radius 1 is 1.25 bits per heavy atom. The average Bonchev–Trinajstić information content (AvgIpc) is 3.09. The first-order valence-electron chi connectivity index (χ1n) is 7.51. The standard InChI is InChI=1S/C16H20FN3/c17-12-1-2-16-14(8-12)15(9-19-16)13-7-11(13)10-20-5-3-18-4-6-20/h1-2,8-9,11,13,18-19H,3-7,10H2/t11-,13+/m0/s1. The van der Waals surface area contributed by atoms with E-state index in [9.17, 15) is 4.39 Å². The van der Waals surface area contributed by atoms with E-state index in [0.717, 1.165) is 43.0 Å². The zero-order valence-electron chi connectivity index (χ0n) is 11.5. The van der Waals surface area contributed by atoms with Crippen molar-refractivity contribution in [3.63, 3.8) is 0 Å². The van der Waals surface area contributed by atoms with E-state index in [2.05, 4.69) is 21.4 Å². The summed E-state index contributed by atoms with van der Waals surface area (Å²) >= 11 is 0. The topological polar surface area (TPSA) is 31.1 Å². The van der Waals surface area contributed by atoms with Crippen molar-refractivity contribution in [2.24, 2.45) is 5.92 Å². The third-order valence-electron chi connectivity index (χ3n) is 4.70. The van der Waals surface area contributed by atoms with Crippen molar-refractivity contribution in [2.45, 2.75) is 12.3 Å². The second kappa shape index (κ2) is 4.86. The summed E-state index contributed by atoms with van der Waals surface area (Å²) in [6.45, 7) is 5.72. The molecule has 0 unspecified atom stereocenters. The predicted molar refractivity (Wildman–Crippen MR) is 78.4 cm³/mol. The third kappa shape index (κ3) is 2.23. The third-order valence-corrected chi connectivity index (χ3v) is 4.70. The summed E-state index contributed by atoms with van der Waals surface area (Å²) in [5.74, 6) is 1.22. The van der Waals surface area contributed by atoms with Gasteiger partial charge in [-0.15, -0.1) is 0 Å². The highest BCUT2D eigenvalue weighted by Crippen LogP contribution is 2.49. The molecule has 0 amide bonds. The van der Waals surface area contributed by atoms with Gasteiger partial charge in [0.25, 0.3) is 0 Å². The lowest BCUT2D eigenvalue weighted by molar-refractivity contribution is 0.231. The number of fused-ring (bicyclic) bond motifs is 1. The minimum atomic E-state index is -0.141. The Balaban J connectivity index is 1.49. The van der Waals surface area contributed by atoms with Crippen molar-refractivity contribution < 1.29 is 4.39 Å². The van der Waals surface area contributed by atoms with Crippen LogP contribution in [0.1, 0.15) is 17.9 Å². The first-order valence-corrected chi connectivity index (χ1v) is 7.51. The molecule has 1 aliphatic heterocycles. The van der Waals surface area contributed by atoms with Crippen molar-refractivity contribution in [2.75, 3.05) is 32.7 Å². The first-order chi connectivity index (χ1) is 9.81. The monoisotopic (exact) mass is 273 g/mol. The number of piperazine rings is 1. The van der Waals surface area contributed by atoms with Crippen LogP contribution >= 0.6 is 0 Å². The average molecular weight is 273 g/mol. The molecule has 1 aromatic carbocycles. The van der Waals surface area contributed by atoms with Gasteiger partial charge >= 0.3 is 0 Å². The lowest BCUT2D eigenvalue weighted by atomic mass is 10.1. The molecule has 106 valence electrons. The molecule has 0 radical (unpaired) electrons. The SMILES string of the molecule is Fc1ccc2[nH]cc([C@@H]3C[C@H]3CN3CCNCC3)c2c1. The molecular weight excluding hydrogens is 253 g/mol. The maximum Gasteiger partial charge on any atom is 0.123 e. The zero-order chi connectivity index (χ0) is 13.5. The van der Waals surface area contributed by atoms with Crippen LogP contribution < -0.4 is 5.32 Å². The fourth-order valence-electron chi connectivity index (χ4n) is 3.48. The number of nitrogens with one attached hydrogen (secondary N) is 2. The number of hydrogen-bond acceptors (Lipinski definition) is 2. The highest BCUT2D eigenvalue weighted by atomic mass is 19.1. The second-order valence-corrected chi connectivity index (χ2v) is 6.09. The smallest absolute Gasteiger partial charge is 0.123 e. The second-order valence-electron chi connectivity index (χ2n) is 6.09. The van der Waals surface area contributed by atoms with Gasteiger partial charge in [-0.25, -0.2) is 4.39 Å². The van der Waals surface area contributed by atoms with Crippen molar-refractivity contribution in [3.05, 3.63) is 35.8 Å². The molecule has 1 aliphatic carbocycles. The number of benzene rings is 1. The molecule has 0 bridgehead atoms. The van der Waals surface area contributed by atoms with E-state index in [1.54, 1.807) is 6.07 Å². The van der Waals surface area contributed by atoms with Crippen LogP contribution in [0, 0.1) is 11.7 Å². The van der Waals surface area contributed by atoms with Crippen LogP contribution in [-0.4, -0.2) is 42.6 Å². The number of aromatic nitrogens is 1. The fraction of sp³-hybridized carbons (Fsp3) is 0.500. The van der Waals surface area contributed by atoms with E-state index in [0.29, 0.717) is 5.92 Å². The van der Waals surface area contributed by atoms with Crippen LogP contribution in [-0.2, 0) is 0 Å². The van der Waals surface area contributed by atoms with Crippen molar-refractivity contribution >= 4 is 10.9 Å². The lowest BCUT2D eigenvalue weighted by Gasteiger charge is -2.27. The van der Waals surface area contributed by atoms with Crippen molar-refractivity contribution in [1.82, 2.24) is 15.2 Å². The Hall–Kier alpha value is -1.39. The predicted octanol–water partition coefficient (Wildman–Crippen LogP) is 2.32. The minimum absolute atomic E-state index is 0.141. The molecule has 1 aromatic heterocycles. The summed E-state index contributed by atoms with van der Waals surface area (Å²) in [4.78, 5) is 5.82. The summed E-state index contributed by atoms with van der Waals surface area (Å²) in [5.41, 5.74) is 2.36. The van der Waals surface area contributed by atoms with Gasteiger partial charge in [0, 0.05) is 49.8 Å². The van der Waals surface area contributed by atoms with E-state index in [1.165, 1.54) is 24.6 Å². The fourth-order valence-corrected chi connectivity index (χ4v) is 3.48. The van der Waals surface area contributed by atoms with E-state index in [-0.39, 0.29) is 5.82 Å². The Morgan fingerprint density at radius 3 is 2.95 bits per heavy atom. The van der Waals surface area contributed by atoms with Gasteiger partial charge in [-0.1, -0.05) is 0 Å².